The van der Waals surface area contributed by atoms with Gasteiger partial charge < -0.3 is 24.1 Å². The van der Waals surface area contributed by atoms with E-state index in [-0.39, 0.29) is 17.5 Å². The third-order valence-electron chi connectivity index (χ3n) is 4.18. The topological polar surface area (TPSA) is 57.2 Å². The van der Waals surface area contributed by atoms with Crippen LogP contribution in [0.25, 0.3) is 0 Å². The third-order valence-corrected chi connectivity index (χ3v) is 4.80. The van der Waals surface area contributed by atoms with Gasteiger partial charge in [-0.05, 0) is 19.3 Å². The molecular formula is C18H36O5S. The maximum absolute atomic E-state index is 10.4. The molecule has 0 aromatic rings. The SMILES string of the molecule is CCCCOCC1O[C@H](O)C(OCCCC)C(OCCCC)[C@@H]1S. The average molecular weight is 365 g/mol. The smallest absolute Gasteiger partial charge is 0.184 e. The summed E-state index contributed by atoms with van der Waals surface area (Å²) in [5, 5.41) is 10.2. The third kappa shape index (κ3) is 7.58. The second-order valence-corrected chi connectivity index (χ2v) is 6.96. The lowest BCUT2D eigenvalue weighted by atomic mass is 10.0. The molecule has 1 aliphatic rings. The second-order valence-electron chi connectivity index (χ2n) is 6.36. The van der Waals surface area contributed by atoms with Crippen molar-refractivity contribution in [2.75, 3.05) is 26.4 Å². The Morgan fingerprint density at radius 1 is 0.875 bits per heavy atom. The van der Waals surface area contributed by atoms with Crippen LogP contribution in [0, 0.1) is 0 Å². The van der Waals surface area contributed by atoms with Crippen LogP contribution in [0.5, 0.6) is 0 Å². The highest BCUT2D eigenvalue weighted by Crippen LogP contribution is 2.29. The molecule has 5 atom stereocenters. The van der Waals surface area contributed by atoms with E-state index in [1.807, 2.05) is 0 Å². The number of hydrogen-bond donors (Lipinski definition) is 2. The van der Waals surface area contributed by atoms with Crippen LogP contribution in [-0.4, -0.2) is 61.4 Å². The summed E-state index contributed by atoms with van der Waals surface area (Å²) in [6.07, 6.45) is 4.06. The van der Waals surface area contributed by atoms with Crippen LogP contribution in [0.1, 0.15) is 59.3 Å². The van der Waals surface area contributed by atoms with Crippen molar-refractivity contribution in [3.63, 3.8) is 0 Å². The van der Waals surface area contributed by atoms with Crippen molar-refractivity contribution >= 4 is 12.6 Å². The Morgan fingerprint density at radius 2 is 1.42 bits per heavy atom. The molecule has 3 unspecified atom stereocenters. The second kappa shape index (κ2) is 13.4. The molecule has 1 aliphatic heterocycles. The largest absolute Gasteiger partial charge is 0.379 e. The highest BCUT2D eigenvalue weighted by molar-refractivity contribution is 7.81. The van der Waals surface area contributed by atoms with Crippen molar-refractivity contribution in [3.05, 3.63) is 0 Å². The molecule has 6 heteroatoms. The van der Waals surface area contributed by atoms with Gasteiger partial charge in [-0.2, -0.15) is 12.6 Å². The highest BCUT2D eigenvalue weighted by Gasteiger charge is 2.45. The first-order valence-electron chi connectivity index (χ1n) is 9.48. The number of thiol groups is 1. The van der Waals surface area contributed by atoms with E-state index in [0.717, 1.165) is 38.5 Å². The minimum atomic E-state index is -1.00. The molecule has 1 fully saturated rings. The van der Waals surface area contributed by atoms with Crippen molar-refractivity contribution in [2.45, 2.75) is 89.1 Å². The van der Waals surface area contributed by atoms with E-state index in [2.05, 4.69) is 20.8 Å². The number of ether oxygens (including phenoxy) is 4. The van der Waals surface area contributed by atoms with Crippen LogP contribution in [-0.2, 0) is 18.9 Å². The summed E-state index contributed by atoms with van der Waals surface area (Å²) < 4.78 is 23.2. The van der Waals surface area contributed by atoms with Gasteiger partial charge in [0, 0.05) is 19.8 Å². The summed E-state index contributed by atoms with van der Waals surface area (Å²) in [6.45, 7) is 8.71. The summed E-state index contributed by atoms with van der Waals surface area (Å²) in [5.41, 5.74) is 0. The lowest BCUT2D eigenvalue weighted by Gasteiger charge is -2.43. The van der Waals surface area contributed by atoms with Crippen LogP contribution >= 0.6 is 12.6 Å². The normalized spacial score (nSPS) is 30.6. The van der Waals surface area contributed by atoms with Gasteiger partial charge >= 0.3 is 0 Å². The Balaban J connectivity index is 2.61. The van der Waals surface area contributed by atoms with Gasteiger partial charge in [-0.3, -0.25) is 0 Å². The molecular weight excluding hydrogens is 328 g/mol. The Bertz CT molecular complexity index is 305. The fraction of sp³-hybridized carbons (Fsp3) is 1.00. The summed E-state index contributed by atoms with van der Waals surface area (Å²) in [6, 6.07) is 0. The number of aliphatic hydroxyl groups is 1. The van der Waals surface area contributed by atoms with Crippen LogP contribution in [0.2, 0.25) is 0 Å². The Labute approximate surface area is 152 Å². The first-order valence-corrected chi connectivity index (χ1v) is 9.99. The van der Waals surface area contributed by atoms with Gasteiger partial charge in [0.1, 0.15) is 12.2 Å². The van der Waals surface area contributed by atoms with Gasteiger partial charge in [-0.25, -0.2) is 0 Å². The van der Waals surface area contributed by atoms with Crippen LogP contribution < -0.4 is 0 Å². The van der Waals surface area contributed by atoms with Crippen molar-refractivity contribution < 1.29 is 24.1 Å². The molecule has 24 heavy (non-hydrogen) atoms. The summed E-state index contributed by atoms with van der Waals surface area (Å²) in [7, 11) is 0. The summed E-state index contributed by atoms with van der Waals surface area (Å²) in [5.74, 6) is 0. The van der Waals surface area contributed by atoms with Crippen LogP contribution in [0.3, 0.4) is 0 Å². The highest BCUT2D eigenvalue weighted by atomic mass is 32.1. The lowest BCUT2D eigenvalue weighted by Crippen LogP contribution is -2.58. The van der Waals surface area contributed by atoms with Gasteiger partial charge in [0.05, 0.1) is 18.0 Å². The van der Waals surface area contributed by atoms with Gasteiger partial charge in [-0.15, -0.1) is 0 Å². The lowest BCUT2D eigenvalue weighted by molar-refractivity contribution is -0.270. The molecule has 1 saturated heterocycles. The standard InChI is InChI=1S/C18H36O5S/c1-4-7-10-20-13-14-17(24)15(21-11-8-5-2)16(18(19)23-14)22-12-9-6-3/h14-19,24H,4-13H2,1-3H3/t14?,15?,16?,17-,18+/m1/s1. The first kappa shape index (κ1) is 22.2. The molecule has 0 bridgehead atoms. The quantitative estimate of drug-likeness (QED) is 0.388. The Hall–Kier alpha value is 0.150. The van der Waals surface area contributed by atoms with Gasteiger partial charge in [-0.1, -0.05) is 40.0 Å². The minimum Gasteiger partial charge on any atom is -0.379 e. The molecule has 0 aliphatic carbocycles. The Kier molecular flexibility index (Phi) is 12.4. The van der Waals surface area contributed by atoms with E-state index in [0.29, 0.717) is 26.4 Å². The maximum atomic E-state index is 10.4. The fourth-order valence-electron chi connectivity index (χ4n) is 2.59. The van der Waals surface area contributed by atoms with Crippen molar-refractivity contribution in [2.24, 2.45) is 0 Å². The number of aliphatic hydroxyl groups excluding tert-OH is 1. The van der Waals surface area contributed by atoms with Crippen molar-refractivity contribution in [3.8, 4) is 0 Å². The zero-order valence-corrected chi connectivity index (χ0v) is 16.4. The summed E-state index contributed by atoms with van der Waals surface area (Å²) in [4.78, 5) is 0. The van der Waals surface area contributed by atoms with E-state index < -0.39 is 12.4 Å². The number of hydrogen-bond acceptors (Lipinski definition) is 6. The van der Waals surface area contributed by atoms with Crippen LogP contribution in [0.15, 0.2) is 0 Å². The molecule has 144 valence electrons. The predicted molar refractivity (Wildman–Crippen MR) is 98.7 cm³/mol. The monoisotopic (exact) mass is 364 g/mol. The molecule has 0 saturated carbocycles. The fourth-order valence-corrected chi connectivity index (χ4v) is 3.00. The summed E-state index contributed by atoms with van der Waals surface area (Å²) >= 11 is 4.70. The molecule has 0 radical (unpaired) electrons. The van der Waals surface area contributed by atoms with Gasteiger partial charge in [0.2, 0.25) is 0 Å². The van der Waals surface area contributed by atoms with E-state index in [1.54, 1.807) is 0 Å². The average Bonchev–Trinajstić information content (AvgIpc) is 2.57. The molecule has 0 aromatic heterocycles. The molecule has 5 nitrogen and oxygen atoms in total. The zero-order chi connectivity index (χ0) is 17.8. The minimum absolute atomic E-state index is 0.182. The molecule has 0 spiro atoms. The first-order chi connectivity index (χ1) is 11.7. The number of unbranched alkanes of at least 4 members (excludes halogenated alkanes) is 3. The van der Waals surface area contributed by atoms with Gasteiger partial charge in [0.15, 0.2) is 6.29 Å². The van der Waals surface area contributed by atoms with Gasteiger partial charge in [0.25, 0.3) is 0 Å². The molecule has 1 heterocycles. The molecule has 1 rings (SSSR count). The zero-order valence-electron chi connectivity index (χ0n) is 15.5. The van der Waals surface area contributed by atoms with E-state index in [4.69, 9.17) is 31.6 Å². The van der Waals surface area contributed by atoms with E-state index >= 15 is 0 Å². The predicted octanol–water partition coefficient (Wildman–Crippen LogP) is 3.19. The maximum Gasteiger partial charge on any atom is 0.184 e. The molecule has 1 N–H and O–H groups in total. The van der Waals surface area contributed by atoms with Crippen molar-refractivity contribution in [1.29, 1.82) is 0 Å². The van der Waals surface area contributed by atoms with E-state index in [9.17, 15) is 5.11 Å². The number of rotatable bonds is 13. The Morgan fingerprint density at radius 3 is 2.00 bits per heavy atom. The molecule has 0 aromatic carbocycles. The molecule has 0 amide bonds. The van der Waals surface area contributed by atoms with E-state index in [1.165, 1.54) is 0 Å². The van der Waals surface area contributed by atoms with Crippen LogP contribution in [0.4, 0.5) is 0 Å². The van der Waals surface area contributed by atoms with Crippen molar-refractivity contribution in [1.82, 2.24) is 0 Å².